The Balaban J connectivity index is 3.16. The van der Waals surface area contributed by atoms with Crippen LogP contribution in [0.2, 0.25) is 0 Å². The zero-order valence-corrected chi connectivity index (χ0v) is 7.05. The van der Waals surface area contributed by atoms with E-state index in [1.807, 2.05) is 19.2 Å². The van der Waals surface area contributed by atoms with Crippen LogP contribution in [0.25, 0.3) is 0 Å². The van der Waals surface area contributed by atoms with E-state index in [0.29, 0.717) is 6.04 Å². The van der Waals surface area contributed by atoms with Crippen LogP contribution in [0.5, 0.6) is 0 Å². The fourth-order valence-corrected chi connectivity index (χ4v) is 0.638. The molecule has 0 rings (SSSR count). The molecule has 0 saturated heterocycles. The molecular weight excluding hydrogens is 126 g/mol. The summed E-state index contributed by atoms with van der Waals surface area (Å²) in [4.78, 5) is 0. The molecule has 0 aromatic rings. The molecule has 0 aromatic carbocycles. The maximum absolute atomic E-state index is 4.93. The summed E-state index contributed by atoms with van der Waals surface area (Å²) in [6, 6.07) is 0.510. The van der Waals surface area contributed by atoms with Crippen LogP contribution in [-0.2, 0) is 4.74 Å². The van der Waals surface area contributed by atoms with Gasteiger partial charge in [0.2, 0.25) is 0 Å². The Morgan fingerprint density at radius 2 is 2.30 bits per heavy atom. The van der Waals surface area contributed by atoms with Crippen LogP contribution in [0, 0.1) is 0 Å². The van der Waals surface area contributed by atoms with Gasteiger partial charge < -0.3 is 10.1 Å². The standard InChI is InChI=1S/C8H17NO/c1-4-6-9-8(2)5-7-10-3/h4,6,8-9H,5,7H2,1-3H3/b6-4+. The van der Waals surface area contributed by atoms with Gasteiger partial charge in [-0.05, 0) is 26.5 Å². The van der Waals surface area contributed by atoms with Crippen LogP contribution in [0.15, 0.2) is 12.3 Å². The third-order valence-electron chi connectivity index (χ3n) is 1.30. The average molecular weight is 143 g/mol. The molecule has 0 amide bonds. The molecular formula is C8H17NO. The van der Waals surface area contributed by atoms with Gasteiger partial charge in [0.1, 0.15) is 0 Å². The molecule has 0 radical (unpaired) electrons. The first-order chi connectivity index (χ1) is 4.81. The van der Waals surface area contributed by atoms with E-state index in [4.69, 9.17) is 4.74 Å². The Morgan fingerprint density at radius 1 is 1.60 bits per heavy atom. The number of ether oxygens (including phenoxy) is 1. The van der Waals surface area contributed by atoms with Gasteiger partial charge in [0.25, 0.3) is 0 Å². The van der Waals surface area contributed by atoms with Gasteiger partial charge in [-0.25, -0.2) is 0 Å². The van der Waals surface area contributed by atoms with Gasteiger partial charge in [0, 0.05) is 19.8 Å². The van der Waals surface area contributed by atoms with Crippen LogP contribution in [0.3, 0.4) is 0 Å². The van der Waals surface area contributed by atoms with Crippen molar-refractivity contribution in [2.45, 2.75) is 26.3 Å². The molecule has 0 bridgehead atoms. The Labute approximate surface area is 63.3 Å². The third-order valence-corrected chi connectivity index (χ3v) is 1.30. The van der Waals surface area contributed by atoms with E-state index in [1.54, 1.807) is 7.11 Å². The predicted molar refractivity (Wildman–Crippen MR) is 43.9 cm³/mol. The van der Waals surface area contributed by atoms with E-state index < -0.39 is 0 Å². The lowest BCUT2D eigenvalue weighted by Gasteiger charge is -2.09. The number of hydrogen-bond acceptors (Lipinski definition) is 2. The van der Waals surface area contributed by atoms with E-state index in [9.17, 15) is 0 Å². The number of methoxy groups -OCH3 is 1. The highest BCUT2D eigenvalue weighted by Crippen LogP contribution is 1.89. The number of rotatable bonds is 5. The van der Waals surface area contributed by atoms with E-state index in [2.05, 4.69) is 12.2 Å². The molecule has 0 heterocycles. The molecule has 0 saturated carbocycles. The highest BCUT2D eigenvalue weighted by atomic mass is 16.5. The molecule has 0 aromatic heterocycles. The first-order valence-electron chi connectivity index (χ1n) is 3.67. The zero-order chi connectivity index (χ0) is 7.82. The molecule has 1 atom stereocenters. The van der Waals surface area contributed by atoms with Crippen LogP contribution < -0.4 is 5.32 Å². The number of nitrogens with one attached hydrogen (secondary N) is 1. The van der Waals surface area contributed by atoms with Crippen molar-refractivity contribution in [1.82, 2.24) is 5.32 Å². The van der Waals surface area contributed by atoms with Crippen molar-refractivity contribution in [3.63, 3.8) is 0 Å². The number of allylic oxidation sites excluding steroid dienone is 1. The molecule has 2 nitrogen and oxygen atoms in total. The molecule has 0 aliphatic carbocycles. The SMILES string of the molecule is C/C=C/NC(C)CCOC. The van der Waals surface area contributed by atoms with Gasteiger partial charge in [-0.2, -0.15) is 0 Å². The second-order valence-electron chi connectivity index (χ2n) is 2.35. The van der Waals surface area contributed by atoms with Crippen molar-refractivity contribution in [2.75, 3.05) is 13.7 Å². The average Bonchev–Trinajstić information content (AvgIpc) is 1.97. The summed E-state index contributed by atoms with van der Waals surface area (Å²) >= 11 is 0. The number of hydrogen-bond donors (Lipinski definition) is 1. The second-order valence-corrected chi connectivity index (χ2v) is 2.35. The molecule has 0 aliphatic rings. The van der Waals surface area contributed by atoms with E-state index in [-0.39, 0.29) is 0 Å². The molecule has 0 fully saturated rings. The van der Waals surface area contributed by atoms with Crippen LogP contribution >= 0.6 is 0 Å². The molecule has 0 aliphatic heterocycles. The highest BCUT2D eigenvalue weighted by molar-refractivity contribution is 4.77. The van der Waals surface area contributed by atoms with Gasteiger partial charge in [-0.1, -0.05) is 6.08 Å². The fraction of sp³-hybridized carbons (Fsp3) is 0.750. The molecule has 60 valence electrons. The van der Waals surface area contributed by atoms with Crippen molar-refractivity contribution in [3.8, 4) is 0 Å². The molecule has 10 heavy (non-hydrogen) atoms. The first-order valence-corrected chi connectivity index (χ1v) is 3.67. The summed E-state index contributed by atoms with van der Waals surface area (Å²) in [5.41, 5.74) is 0. The van der Waals surface area contributed by atoms with Gasteiger partial charge in [0.05, 0.1) is 0 Å². The maximum Gasteiger partial charge on any atom is 0.0481 e. The van der Waals surface area contributed by atoms with E-state index >= 15 is 0 Å². The minimum Gasteiger partial charge on any atom is -0.389 e. The summed E-state index contributed by atoms with van der Waals surface area (Å²) in [5.74, 6) is 0. The summed E-state index contributed by atoms with van der Waals surface area (Å²) in [5, 5.41) is 3.21. The lowest BCUT2D eigenvalue weighted by atomic mass is 10.2. The van der Waals surface area contributed by atoms with Crippen molar-refractivity contribution < 1.29 is 4.74 Å². The third kappa shape index (κ3) is 5.63. The van der Waals surface area contributed by atoms with Crippen molar-refractivity contribution in [3.05, 3.63) is 12.3 Å². The van der Waals surface area contributed by atoms with Crippen molar-refractivity contribution in [2.24, 2.45) is 0 Å². The van der Waals surface area contributed by atoms with Gasteiger partial charge in [-0.3, -0.25) is 0 Å². The summed E-state index contributed by atoms with van der Waals surface area (Å²) in [7, 11) is 1.72. The monoisotopic (exact) mass is 143 g/mol. The Hall–Kier alpha value is -0.500. The summed E-state index contributed by atoms with van der Waals surface area (Å²) in [6.45, 7) is 4.96. The van der Waals surface area contributed by atoms with Crippen LogP contribution in [0.4, 0.5) is 0 Å². The van der Waals surface area contributed by atoms with E-state index in [0.717, 1.165) is 13.0 Å². The van der Waals surface area contributed by atoms with Crippen molar-refractivity contribution in [1.29, 1.82) is 0 Å². The lowest BCUT2D eigenvalue weighted by molar-refractivity contribution is 0.187. The lowest BCUT2D eigenvalue weighted by Crippen LogP contribution is -2.21. The largest absolute Gasteiger partial charge is 0.389 e. The smallest absolute Gasteiger partial charge is 0.0481 e. The van der Waals surface area contributed by atoms with Gasteiger partial charge >= 0.3 is 0 Å². The summed E-state index contributed by atoms with van der Waals surface area (Å²) in [6.07, 6.45) is 5.00. The molecule has 1 N–H and O–H groups in total. The normalized spacial score (nSPS) is 13.9. The predicted octanol–water partition coefficient (Wildman–Crippen LogP) is 1.53. The zero-order valence-electron chi connectivity index (χ0n) is 7.05. The molecule has 2 heteroatoms. The second kappa shape index (κ2) is 6.62. The highest BCUT2D eigenvalue weighted by Gasteiger charge is 1.95. The Bertz CT molecular complexity index is 91.3. The maximum atomic E-state index is 4.93. The Kier molecular flexibility index (Phi) is 6.29. The quantitative estimate of drug-likeness (QED) is 0.630. The minimum absolute atomic E-state index is 0.510. The van der Waals surface area contributed by atoms with Crippen molar-refractivity contribution >= 4 is 0 Å². The summed E-state index contributed by atoms with van der Waals surface area (Å²) < 4.78 is 4.93. The Morgan fingerprint density at radius 3 is 2.80 bits per heavy atom. The topological polar surface area (TPSA) is 21.3 Å². The first kappa shape index (κ1) is 9.50. The van der Waals surface area contributed by atoms with Gasteiger partial charge in [0.15, 0.2) is 0 Å². The molecule has 0 spiro atoms. The molecule has 1 unspecified atom stereocenters. The van der Waals surface area contributed by atoms with Gasteiger partial charge in [-0.15, -0.1) is 0 Å². The minimum atomic E-state index is 0.510. The van der Waals surface area contributed by atoms with Crippen LogP contribution in [-0.4, -0.2) is 19.8 Å². The van der Waals surface area contributed by atoms with E-state index in [1.165, 1.54) is 0 Å². The fourth-order valence-electron chi connectivity index (χ4n) is 0.638. The van der Waals surface area contributed by atoms with Crippen LogP contribution in [0.1, 0.15) is 20.3 Å².